The van der Waals surface area contributed by atoms with Crippen molar-refractivity contribution in [2.24, 2.45) is 5.11 Å². The van der Waals surface area contributed by atoms with Crippen LogP contribution in [0.5, 0.6) is 0 Å². The predicted molar refractivity (Wildman–Crippen MR) is 30.5 cm³/mol. The van der Waals surface area contributed by atoms with Gasteiger partial charge < -0.3 is 4.74 Å². The lowest BCUT2D eigenvalue weighted by atomic mass is 10.5. The van der Waals surface area contributed by atoms with Crippen LogP contribution in [0.2, 0.25) is 0 Å². The van der Waals surface area contributed by atoms with Gasteiger partial charge in [0.2, 0.25) is 0 Å². The van der Waals surface area contributed by atoms with Crippen LogP contribution in [-0.2, 0) is 4.74 Å². The number of methoxy groups -OCH3 is 1. The minimum Gasteiger partial charge on any atom is -0.385 e. The molecule has 4 nitrogen and oxygen atoms in total. The van der Waals surface area contributed by atoms with Gasteiger partial charge in [-0.15, -0.1) is 0 Å². The molecule has 8 heavy (non-hydrogen) atoms. The summed E-state index contributed by atoms with van der Waals surface area (Å²) in [5.41, 5.74) is 7.78. The van der Waals surface area contributed by atoms with E-state index in [1.54, 1.807) is 7.11 Å². The lowest BCUT2D eigenvalue weighted by molar-refractivity contribution is 0.197. The van der Waals surface area contributed by atoms with Crippen molar-refractivity contribution in [3.8, 4) is 0 Å². The van der Waals surface area contributed by atoms with Crippen LogP contribution in [0.25, 0.3) is 10.4 Å². The molecule has 0 amide bonds. The molecule has 0 aromatic heterocycles. The van der Waals surface area contributed by atoms with Crippen molar-refractivity contribution in [2.75, 3.05) is 20.3 Å². The number of nitrogens with zero attached hydrogens (tertiary/aromatic N) is 3. The Bertz CT molecular complexity index is 87.3. The molecule has 0 bridgehead atoms. The molecule has 0 saturated carbocycles. The smallest absolute Gasteiger partial charge is 0.0463 e. The van der Waals surface area contributed by atoms with E-state index in [1.165, 1.54) is 0 Å². The second-order valence-electron chi connectivity index (χ2n) is 1.30. The monoisotopic (exact) mass is 115 g/mol. The highest BCUT2D eigenvalue weighted by Crippen LogP contribution is 1.80. The van der Waals surface area contributed by atoms with Gasteiger partial charge in [-0.1, -0.05) is 5.11 Å². The van der Waals surface area contributed by atoms with E-state index in [0.29, 0.717) is 13.2 Å². The number of azide groups is 1. The normalized spacial score (nSPS) is 8.12. The fraction of sp³-hybridized carbons (Fsp3) is 1.00. The zero-order valence-corrected chi connectivity index (χ0v) is 4.87. The minimum absolute atomic E-state index is 0.532. The molecule has 0 spiro atoms. The molecule has 46 valence electrons. The van der Waals surface area contributed by atoms with Gasteiger partial charge in [0, 0.05) is 25.2 Å². The van der Waals surface area contributed by atoms with Gasteiger partial charge in [0.1, 0.15) is 0 Å². The maximum Gasteiger partial charge on any atom is 0.0463 e. The van der Waals surface area contributed by atoms with Gasteiger partial charge in [-0.05, 0) is 12.0 Å². The Kier molecular flexibility index (Phi) is 5.70. The van der Waals surface area contributed by atoms with Crippen molar-refractivity contribution in [3.05, 3.63) is 10.4 Å². The first kappa shape index (κ1) is 7.27. The lowest BCUT2D eigenvalue weighted by Gasteiger charge is -1.89. The van der Waals surface area contributed by atoms with Gasteiger partial charge in [0.05, 0.1) is 0 Å². The first-order chi connectivity index (χ1) is 3.91. The quantitative estimate of drug-likeness (QED) is 0.236. The molecule has 0 rings (SSSR count). The van der Waals surface area contributed by atoms with Crippen LogP contribution < -0.4 is 0 Å². The fourth-order valence-electron chi connectivity index (χ4n) is 0.324. The van der Waals surface area contributed by atoms with Crippen LogP contribution in [0.4, 0.5) is 0 Å². The summed E-state index contributed by atoms with van der Waals surface area (Å²) >= 11 is 0. The standard InChI is InChI=1S/C4H9N3O/c1-8-4-2-3-6-7-5/h2-4H2,1H3. The van der Waals surface area contributed by atoms with E-state index in [-0.39, 0.29) is 0 Å². The van der Waals surface area contributed by atoms with Crippen LogP contribution in [0, 0.1) is 0 Å². The van der Waals surface area contributed by atoms with E-state index in [0.717, 1.165) is 6.42 Å². The molecule has 0 atom stereocenters. The zero-order chi connectivity index (χ0) is 6.24. The summed E-state index contributed by atoms with van der Waals surface area (Å²) < 4.78 is 4.71. The summed E-state index contributed by atoms with van der Waals surface area (Å²) in [5, 5.41) is 3.31. The number of ether oxygens (including phenoxy) is 1. The van der Waals surface area contributed by atoms with Crippen LogP contribution in [0.3, 0.4) is 0 Å². The first-order valence-corrected chi connectivity index (χ1v) is 2.41. The number of hydrogen-bond donors (Lipinski definition) is 0. The Morgan fingerprint density at radius 1 is 1.75 bits per heavy atom. The van der Waals surface area contributed by atoms with Crippen molar-refractivity contribution in [1.82, 2.24) is 0 Å². The molecule has 0 saturated heterocycles. The van der Waals surface area contributed by atoms with Gasteiger partial charge in [0.25, 0.3) is 0 Å². The molecule has 0 N–H and O–H groups in total. The van der Waals surface area contributed by atoms with Crippen LogP contribution in [0.15, 0.2) is 5.11 Å². The Balaban J connectivity index is 2.82. The maximum absolute atomic E-state index is 7.78. The highest BCUT2D eigenvalue weighted by molar-refractivity contribution is 4.44. The molecule has 0 aromatic rings. The molecule has 0 heterocycles. The summed E-state index contributed by atoms with van der Waals surface area (Å²) in [5.74, 6) is 0. The third-order valence-electron chi connectivity index (χ3n) is 0.670. The van der Waals surface area contributed by atoms with E-state index in [4.69, 9.17) is 10.3 Å². The summed E-state index contributed by atoms with van der Waals surface area (Å²) in [7, 11) is 1.62. The SMILES string of the molecule is COCCCN=[N+]=[N-]. The molecule has 0 fully saturated rings. The number of hydrogen-bond acceptors (Lipinski definition) is 2. The number of rotatable bonds is 4. The maximum atomic E-state index is 7.78. The molecule has 0 aromatic carbocycles. The van der Waals surface area contributed by atoms with E-state index < -0.39 is 0 Å². The Morgan fingerprint density at radius 2 is 2.50 bits per heavy atom. The van der Waals surface area contributed by atoms with Crippen molar-refractivity contribution >= 4 is 0 Å². The van der Waals surface area contributed by atoms with Gasteiger partial charge >= 0.3 is 0 Å². The summed E-state index contributed by atoms with van der Waals surface area (Å²) in [6.07, 6.45) is 0.806. The van der Waals surface area contributed by atoms with Gasteiger partial charge in [-0.3, -0.25) is 0 Å². The lowest BCUT2D eigenvalue weighted by Crippen LogP contribution is -1.89. The second-order valence-corrected chi connectivity index (χ2v) is 1.30. The molecule has 0 radical (unpaired) electrons. The van der Waals surface area contributed by atoms with Crippen molar-refractivity contribution in [1.29, 1.82) is 0 Å². The molecular weight excluding hydrogens is 106 g/mol. The second kappa shape index (κ2) is 6.27. The van der Waals surface area contributed by atoms with Crippen LogP contribution >= 0.6 is 0 Å². The van der Waals surface area contributed by atoms with Crippen LogP contribution in [-0.4, -0.2) is 20.3 Å². The molecular formula is C4H9N3O. The molecule has 0 aliphatic rings. The Labute approximate surface area is 48.1 Å². The van der Waals surface area contributed by atoms with Crippen molar-refractivity contribution in [3.63, 3.8) is 0 Å². The molecule has 4 heteroatoms. The van der Waals surface area contributed by atoms with Gasteiger partial charge in [0.15, 0.2) is 0 Å². The third kappa shape index (κ3) is 5.27. The predicted octanol–water partition coefficient (Wildman–Crippen LogP) is 1.33. The van der Waals surface area contributed by atoms with E-state index in [2.05, 4.69) is 10.0 Å². The van der Waals surface area contributed by atoms with Gasteiger partial charge in [-0.25, -0.2) is 0 Å². The third-order valence-corrected chi connectivity index (χ3v) is 0.670. The van der Waals surface area contributed by atoms with E-state index in [1.807, 2.05) is 0 Å². The average molecular weight is 115 g/mol. The van der Waals surface area contributed by atoms with Crippen molar-refractivity contribution in [2.45, 2.75) is 6.42 Å². The first-order valence-electron chi connectivity index (χ1n) is 2.41. The van der Waals surface area contributed by atoms with Crippen LogP contribution in [0.1, 0.15) is 6.42 Å². The van der Waals surface area contributed by atoms with E-state index >= 15 is 0 Å². The fourth-order valence-corrected chi connectivity index (χ4v) is 0.324. The summed E-state index contributed by atoms with van der Waals surface area (Å²) in [6.45, 7) is 1.20. The molecule has 0 unspecified atom stereocenters. The summed E-state index contributed by atoms with van der Waals surface area (Å²) in [4.78, 5) is 2.58. The largest absolute Gasteiger partial charge is 0.385 e. The van der Waals surface area contributed by atoms with E-state index in [9.17, 15) is 0 Å². The molecule has 0 aliphatic carbocycles. The summed E-state index contributed by atoms with van der Waals surface area (Å²) in [6, 6.07) is 0. The Morgan fingerprint density at radius 3 is 3.00 bits per heavy atom. The Hall–Kier alpha value is -0.730. The molecule has 0 aliphatic heterocycles. The topological polar surface area (TPSA) is 58.0 Å². The zero-order valence-electron chi connectivity index (χ0n) is 4.87. The highest BCUT2D eigenvalue weighted by Gasteiger charge is 1.79. The minimum atomic E-state index is 0.532. The highest BCUT2D eigenvalue weighted by atomic mass is 16.5. The van der Waals surface area contributed by atoms with Gasteiger partial charge in [-0.2, -0.15) is 0 Å². The van der Waals surface area contributed by atoms with Crippen molar-refractivity contribution < 1.29 is 4.74 Å². The average Bonchev–Trinajstić information content (AvgIpc) is 1.81.